The molecule has 0 spiro atoms. The second kappa shape index (κ2) is 8.66. The normalized spacial score (nSPS) is 10.9. The highest BCUT2D eigenvalue weighted by molar-refractivity contribution is 7.14. The lowest BCUT2D eigenvalue weighted by Gasteiger charge is -2.20. The zero-order valence-electron chi connectivity index (χ0n) is 17.1. The molecule has 0 bridgehead atoms. The van der Waals surface area contributed by atoms with Crippen molar-refractivity contribution < 1.29 is 9.21 Å². The third-order valence-corrected chi connectivity index (χ3v) is 5.79. The highest BCUT2D eigenvalue weighted by Gasteiger charge is 2.19. The number of nitrogens with two attached hydrogens (primary N) is 1. The molecular weight excluding hydrogens is 414 g/mol. The Labute approximate surface area is 182 Å². The van der Waals surface area contributed by atoms with Crippen LogP contribution < -0.4 is 21.4 Å². The summed E-state index contributed by atoms with van der Waals surface area (Å²) in [5.41, 5.74) is 2.07. The maximum absolute atomic E-state index is 12.7. The second-order valence-electron chi connectivity index (χ2n) is 6.77. The van der Waals surface area contributed by atoms with Gasteiger partial charge in [0, 0.05) is 48.0 Å². The first-order valence-corrected chi connectivity index (χ1v) is 10.7. The number of fused-ring (bicyclic) bond motifs is 1. The summed E-state index contributed by atoms with van der Waals surface area (Å²) in [7, 11) is 0. The summed E-state index contributed by atoms with van der Waals surface area (Å²) < 4.78 is 5.58. The number of carbonyl (C=O) groups excluding carboxylic acids is 1. The molecule has 3 aromatic heterocycles. The number of hydrazine groups is 1. The molecular formula is C22H21N5O3S. The molecule has 4 rings (SSSR count). The first-order valence-electron chi connectivity index (χ1n) is 9.79. The number of hydrogen-bond acceptors (Lipinski definition) is 8. The number of benzene rings is 1. The lowest BCUT2D eigenvalue weighted by Crippen LogP contribution is -2.37. The van der Waals surface area contributed by atoms with Crippen LogP contribution in [-0.4, -0.2) is 29.0 Å². The van der Waals surface area contributed by atoms with E-state index in [9.17, 15) is 9.59 Å². The molecule has 0 radical (unpaired) electrons. The van der Waals surface area contributed by atoms with Gasteiger partial charge in [-0.25, -0.2) is 20.6 Å². The van der Waals surface area contributed by atoms with Gasteiger partial charge >= 0.3 is 5.63 Å². The monoisotopic (exact) mass is 435 g/mol. The van der Waals surface area contributed by atoms with Crippen molar-refractivity contribution in [3.05, 3.63) is 70.2 Å². The molecule has 0 fully saturated rings. The van der Waals surface area contributed by atoms with Gasteiger partial charge in [0.25, 0.3) is 5.91 Å². The first-order chi connectivity index (χ1) is 15.0. The van der Waals surface area contributed by atoms with Crippen molar-refractivity contribution >= 4 is 39.0 Å². The van der Waals surface area contributed by atoms with E-state index in [2.05, 4.69) is 28.7 Å². The maximum Gasteiger partial charge on any atom is 0.345 e. The summed E-state index contributed by atoms with van der Waals surface area (Å²) >= 11 is 1.16. The summed E-state index contributed by atoms with van der Waals surface area (Å²) in [4.78, 5) is 35.6. The lowest BCUT2D eigenvalue weighted by molar-refractivity contribution is 0.0986. The van der Waals surface area contributed by atoms with Crippen molar-refractivity contribution in [1.29, 1.82) is 0 Å². The molecule has 0 aliphatic carbocycles. The summed E-state index contributed by atoms with van der Waals surface area (Å²) in [5.74, 6) is 5.52. The number of thiazole rings is 1. The molecule has 0 saturated carbocycles. The molecule has 3 heterocycles. The minimum atomic E-state index is -0.497. The van der Waals surface area contributed by atoms with Crippen molar-refractivity contribution in [2.45, 2.75) is 13.8 Å². The molecule has 9 heteroatoms. The van der Waals surface area contributed by atoms with Gasteiger partial charge in [0.05, 0.1) is 16.8 Å². The van der Waals surface area contributed by atoms with E-state index in [0.29, 0.717) is 22.4 Å². The Kier molecular flexibility index (Phi) is 5.79. The molecule has 1 amide bonds. The average Bonchev–Trinajstić information content (AvgIpc) is 3.29. The predicted molar refractivity (Wildman–Crippen MR) is 122 cm³/mol. The topological polar surface area (TPSA) is 106 Å². The highest BCUT2D eigenvalue weighted by Crippen LogP contribution is 2.28. The van der Waals surface area contributed by atoms with Crippen LogP contribution in [0.2, 0.25) is 0 Å². The third kappa shape index (κ3) is 4.05. The molecule has 0 unspecified atom stereocenters. The fourth-order valence-electron chi connectivity index (χ4n) is 3.28. The van der Waals surface area contributed by atoms with Gasteiger partial charge in [-0.05, 0) is 44.2 Å². The quantitative estimate of drug-likeness (QED) is 0.213. The smallest absolute Gasteiger partial charge is 0.345 e. The lowest BCUT2D eigenvalue weighted by atomic mass is 10.1. The van der Waals surface area contributed by atoms with Gasteiger partial charge in [0.1, 0.15) is 5.58 Å². The Morgan fingerprint density at radius 3 is 2.71 bits per heavy atom. The van der Waals surface area contributed by atoms with E-state index in [1.54, 1.807) is 29.8 Å². The van der Waals surface area contributed by atoms with E-state index in [4.69, 9.17) is 10.3 Å². The number of anilines is 2. The fraction of sp³-hybridized carbons (Fsp3) is 0.182. The van der Waals surface area contributed by atoms with Crippen molar-refractivity contribution in [1.82, 2.24) is 9.97 Å². The summed E-state index contributed by atoms with van der Waals surface area (Å²) in [6.45, 7) is 5.87. The molecule has 2 N–H and O–H groups in total. The van der Waals surface area contributed by atoms with Gasteiger partial charge in [-0.15, -0.1) is 11.3 Å². The van der Waals surface area contributed by atoms with Gasteiger partial charge < -0.3 is 9.32 Å². The minimum Gasteiger partial charge on any atom is -0.422 e. The summed E-state index contributed by atoms with van der Waals surface area (Å²) in [6, 6.07) is 10.8. The van der Waals surface area contributed by atoms with Crippen LogP contribution in [-0.2, 0) is 0 Å². The Balaban J connectivity index is 1.66. The van der Waals surface area contributed by atoms with Gasteiger partial charge in [0.2, 0.25) is 5.13 Å². The van der Waals surface area contributed by atoms with Crippen molar-refractivity contribution in [2.24, 2.45) is 5.84 Å². The number of pyridine rings is 1. The minimum absolute atomic E-state index is 0.264. The predicted octanol–water partition coefficient (Wildman–Crippen LogP) is 3.68. The van der Waals surface area contributed by atoms with Crippen LogP contribution in [0.15, 0.2) is 63.4 Å². The molecule has 158 valence electrons. The molecule has 8 nitrogen and oxygen atoms in total. The van der Waals surface area contributed by atoms with Crippen LogP contribution in [0.3, 0.4) is 0 Å². The first kappa shape index (κ1) is 20.7. The van der Waals surface area contributed by atoms with Gasteiger partial charge in [-0.1, -0.05) is 0 Å². The number of carbonyl (C=O) groups is 1. The van der Waals surface area contributed by atoms with E-state index < -0.39 is 11.5 Å². The number of rotatable bonds is 6. The second-order valence-corrected chi connectivity index (χ2v) is 7.61. The van der Waals surface area contributed by atoms with E-state index >= 15 is 0 Å². The Bertz CT molecular complexity index is 1280. The molecule has 1 aromatic carbocycles. The SMILES string of the molecule is CCN(CC)c1ccc2cc(-c3csc(N(N)C(=O)c4cccnc4)n3)c(=O)oc2c1. The number of hydrogen-bond donors (Lipinski definition) is 1. The number of aromatic nitrogens is 2. The molecule has 4 aromatic rings. The molecule has 0 atom stereocenters. The van der Waals surface area contributed by atoms with E-state index in [-0.39, 0.29) is 5.13 Å². The van der Waals surface area contributed by atoms with Gasteiger partial charge in [-0.2, -0.15) is 0 Å². The van der Waals surface area contributed by atoms with Crippen molar-refractivity contribution in [2.75, 3.05) is 23.0 Å². The zero-order chi connectivity index (χ0) is 22.0. The van der Waals surface area contributed by atoms with E-state index in [1.807, 2.05) is 18.2 Å². The summed E-state index contributed by atoms with van der Waals surface area (Å²) in [6.07, 6.45) is 3.00. The Hall–Kier alpha value is -3.56. The highest BCUT2D eigenvalue weighted by atomic mass is 32.1. The Morgan fingerprint density at radius 2 is 2.00 bits per heavy atom. The zero-order valence-corrected chi connectivity index (χ0v) is 17.9. The van der Waals surface area contributed by atoms with Crippen molar-refractivity contribution in [3.8, 4) is 11.3 Å². The van der Waals surface area contributed by atoms with Crippen LogP contribution in [0.5, 0.6) is 0 Å². The van der Waals surface area contributed by atoms with Crippen LogP contribution in [0.4, 0.5) is 10.8 Å². The van der Waals surface area contributed by atoms with Crippen LogP contribution in [0, 0.1) is 0 Å². The van der Waals surface area contributed by atoms with Crippen molar-refractivity contribution in [3.63, 3.8) is 0 Å². The van der Waals surface area contributed by atoms with Crippen LogP contribution in [0.1, 0.15) is 24.2 Å². The molecule has 0 aliphatic heterocycles. The molecule has 0 saturated heterocycles. The Morgan fingerprint density at radius 1 is 1.19 bits per heavy atom. The molecule has 0 aliphatic rings. The third-order valence-electron chi connectivity index (χ3n) is 4.95. The summed E-state index contributed by atoms with van der Waals surface area (Å²) in [5, 5.41) is 3.68. The standard InChI is InChI=1S/C22H21N5O3S/c1-3-26(4-2)16-8-7-14-10-17(21(29)30-19(14)11-16)18-13-31-22(25-18)27(23)20(28)15-6-5-9-24-12-15/h5-13H,3-4,23H2,1-2H3. The number of amides is 1. The fourth-order valence-corrected chi connectivity index (χ4v) is 4.02. The average molecular weight is 436 g/mol. The van der Waals surface area contributed by atoms with Crippen LogP contribution in [0.25, 0.3) is 22.2 Å². The van der Waals surface area contributed by atoms with Gasteiger partial charge in [-0.3, -0.25) is 9.78 Å². The molecule has 31 heavy (non-hydrogen) atoms. The number of nitrogens with zero attached hydrogens (tertiary/aromatic N) is 4. The van der Waals surface area contributed by atoms with E-state index in [1.165, 1.54) is 6.20 Å². The van der Waals surface area contributed by atoms with Crippen LogP contribution >= 0.6 is 11.3 Å². The largest absolute Gasteiger partial charge is 0.422 e. The maximum atomic E-state index is 12.7. The van der Waals surface area contributed by atoms with E-state index in [0.717, 1.165) is 40.5 Å². The van der Waals surface area contributed by atoms with Gasteiger partial charge in [0.15, 0.2) is 0 Å².